The molecule has 5 heteroatoms. The van der Waals surface area contributed by atoms with Gasteiger partial charge in [0.15, 0.2) is 5.13 Å². The molecule has 0 radical (unpaired) electrons. The van der Waals surface area contributed by atoms with Gasteiger partial charge in [0.2, 0.25) is 0 Å². The minimum atomic E-state index is 0.503. The Labute approximate surface area is 73.2 Å². The van der Waals surface area contributed by atoms with Crippen LogP contribution < -0.4 is 11.5 Å². The van der Waals surface area contributed by atoms with Crippen LogP contribution in [0.2, 0.25) is 0 Å². The third-order valence-electron chi connectivity index (χ3n) is 1.54. The summed E-state index contributed by atoms with van der Waals surface area (Å²) in [6.45, 7) is 0. The van der Waals surface area contributed by atoms with Gasteiger partial charge >= 0.3 is 0 Å². The second kappa shape index (κ2) is 2.53. The minimum absolute atomic E-state index is 0.503. The molecule has 0 aliphatic carbocycles. The van der Waals surface area contributed by atoms with Crippen molar-refractivity contribution in [3.8, 4) is 11.3 Å². The standard InChI is InChI=1S/C7H8N4S/c8-6-5(11-7(9)12-6)4-1-2-10-3-4/h1-3,10H,8H2,(H2,9,11). The molecule has 0 aromatic carbocycles. The molecule has 0 saturated heterocycles. The molecular formula is C7H8N4S. The first-order valence-electron chi connectivity index (χ1n) is 3.42. The van der Waals surface area contributed by atoms with E-state index in [2.05, 4.69) is 9.97 Å². The molecule has 2 rings (SSSR count). The Balaban J connectivity index is 2.54. The summed E-state index contributed by atoms with van der Waals surface area (Å²) >= 11 is 1.30. The second-order valence-electron chi connectivity index (χ2n) is 2.36. The fourth-order valence-electron chi connectivity index (χ4n) is 1.03. The smallest absolute Gasteiger partial charge is 0.182 e. The molecular weight excluding hydrogens is 172 g/mol. The predicted octanol–water partition coefficient (Wildman–Crippen LogP) is 1.30. The molecule has 0 saturated carbocycles. The van der Waals surface area contributed by atoms with Crippen molar-refractivity contribution < 1.29 is 0 Å². The molecule has 2 aromatic rings. The third-order valence-corrected chi connectivity index (χ3v) is 2.25. The van der Waals surface area contributed by atoms with Gasteiger partial charge < -0.3 is 16.5 Å². The van der Waals surface area contributed by atoms with Gasteiger partial charge in [-0.1, -0.05) is 11.3 Å². The second-order valence-corrected chi connectivity index (χ2v) is 3.43. The molecule has 62 valence electrons. The molecule has 4 nitrogen and oxygen atoms in total. The number of hydrogen-bond donors (Lipinski definition) is 3. The van der Waals surface area contributed by atoms with Gasteiger partial charge in [-0.15, -0.1) is 0 Å². The van der Waals surface area contributed by atoms with Crippen molar-refractivity contribution >= 4 is 21.5 Å². The number of nitrogens with zero attached hydrogens (tertiary/aromatic N) is 1. The lowest BCUT2D eigenvalue weighted by Crippen LogP contribution is -1.84. The Morgan fingerprint density at radius 3 is 2.75 bits per heavy atom. The number of aromatic amines is 1. The molecule has 0 aliphatic heterocycles. The maximum Gasteiger partial charge on any atom is 0.182 e. The number of H-pyrrole nitrogens is 1. The van der Waals surface area contributed by atoms with Gasteiger partial charge in [0, 0.05) is 18.0 Å². The average molecular weight is 180 g/mol. The zero-order valence-corrected chi connectivity index (χ0v) is 7.06. The van der Waals surface area contributed by atoms with Gasteiger partial charge in [-0.05, 0) is 6.07 Å². The summed E-state index contributed by atoms with van der Waals surface area (Å²) < 4.78 is 0. The van der Waals surface area contributed by atoms with Crippen molar-refractivity contribution in [2.75, 3.05) is 11.5 Å². The zero-order chi connectivity index (χ0) is 8.55. The molecule has 5 N–H and O–H groups in total. The lowest BCUT2D eigenvalue weighted by atomic mass is 10.2. The minimum Gasteiger partial charge on any atom is -0.389 e. The van der Waals surface area contributed by atoms with Crippen molar-refractivity contribution in [1.82, 2.24) is 9.97 Å². The molecule has 0 bridgehead atoms. The topological polar surface area (TPSA) is 80.7 Å². The monoisotopic (exact) mass is 180 g/mol. The van der Waals surface area contributed by atoms with Crippen LogP contribution in [0.1, 0.15) is 0 Å². The van der Waals surface area contributed by atoms with Crippen LogP contribution in [0.4, 0.5) is 10.1 Å². The molecule has 0 aliphatic rings. The van der Waals surface area contributed by atoms with E-state index in [-0.39, 0.29) is 0 Å². The highest BCUT2D eigenvalue weighted by Gasteiger charge is 2.07. The molecule has 2 heterocycles. The van der Waals surface area contributed by atoms with Gasteiger partial charge in [0.05, 0.1) is 0 Å². The van der Waals surface area contributed by atoms with E-state index in [9.17, 15) is 0 Å². The zero-order valence-electron chi connectivity index (χ0n) is 6.24. The first-order chi connectivity index (χ1) is 5.77. The summed E-state index contributed by atoms with van der Waals surface area (Å²) in [5.41, 5.74) is 12.9. The number of nitrogens with one attached hydrogen (secondary N) is 1. The van der Waals surface area contributed by atoms with Crippen LogP contribution in [0.25, 0.3) is 11.3 Å². The van der Waals surface area contributed by atoms with Crippen molar-refractivity contribution in [3.63, 3.8) is 0 Å². The highest BCUT2D eigenvalue weighted by atomic mass is 32.1. The Morgan fingerprint density at radius 2 is 2.25 bits per heavy atom. The fraction of sp³-hybridized carbons (Fsp3) is 0. The first-order valence-corrected chi connectivity index (χ1v) is 4.24. The summed E-state index contributed by atoms with van der Waals surface area (Å²) in [7, 11) is 0. The van der Waals surface area contributed by atoms with Crippen LogP contribution in [-0.4, -0.2) is 9.97 Å². The van der Waals surface area contributed by atoms with E-state index in [1.165, 1.54) is 11.3 Å². The molecule has 0 fully saturated rings. The average Bonchev–Trinajstić information content (AvgIpc) is 2.58. The molecule has 0 amide bonds. The number of anilines is 2. The van der Waals surface area contributed by atoms with Gasteiger partial charge in [-0.2, -0.15) is 0 Å². The molecule has 0 atom stereocenters. The number of aromatic nitrogens is 2. The molecule has 0 unspecified atom stereocenters. The Kier molecular flexibility index (Phi) is 1.51. The van der Waals surface area contributed by atoms with E-state index >= 15 is 0 Å². The maximum atomic E-state index is 5.69. The van der Waals surface area contributed by atoms with Crippen LogP contribution >= 0.6 is 11.3 Å². The SMILES string of the molecule is Nc1nc(-c2cc[nH]c2)c(N)s1. The summed E-state index contributed by atoms with van der Waals surface area (Å²) in [6.07, 6.45) is 3.66. The summed E-state index contributed by atoms with van der Waals surface area (Å²) in [5, 5.41) is 1.16. The lowest BCUT2D eigenvalue weighted by molar-refractivity contribution is 1.39. The van der Waals surface area contributed by atoms with Crippen LogP contribution in [-0.2, 0) is 0 Å². The highest BCUT2D eigenvalue weighted by Crippen LogP contribution is 2.31. The molecule has 2 aromatic heterocycles. The molecule has 0 spiro atoms. The van der Waals surface area contributed by atoms with Crippen LogP contribution in [0.3, 0.4) is 0 Å². The number of nitrogen functional groups attached to an aromatic ring is 2. The lowest BCUT2D eigenvalue weighted by Gasteiger charge is -1.90. The van der Waals surface area contributed by atoms with Gasteiger partial charge in [0.1, 0.15) is 10.7 Å². The van der Waals surface area contributed by atoms with Crippen molar-refractivity contribution in [2.24, 2.45) is 0 Å². The Bertz CT molecular complexity index is 376. The van der Waals surface area contributed by atoms with Crippen molar-refractivity contribution in [3.05, 3.63) is 18.5 Å². The van der Waals surface area contributed by atoms with Crippen LogP contribution in [0.15, 0.2) is 18.5 Å². The number of rotatable bonds is 1. The predicted molar refractivity (Wildman–Crippen MR) is 50.7 cm³/mol. The van der Waals surface area contributed by atoms with Gasteiger partial charge in [0.25, 0.3) is 0 Å². The summed E-state index contributed by atoms with van der Waals surface area (Å²) in [6, 6.07) is 1.91. The highest BCUT2D eigenvalue weighted by molar-refractivity contribution is 7.19. The first kappa shape index (κ1) is 7.17. The maximum absolute atomic E-state index is 5.69. The Morgan fingerprint density at radius 1 is 1.42 bits per heavy atom. The van der Waals surface area contributed by atoms with Crippen molar-refractivity contribution in [2.45, 2.75) is 0 Å². The van der Waals surface area contributed by atoms with Crippen LogP contribution in [0.5, 0.6) is 0 Å². The van der Waals surface area contributed by atoms with E-state index in [0.717, 1.165) is 11.3 Å². The fourth-order valence-corrected chi connectivity index (χ4v) is 1.65. The Hall–Kier alpha value is -1.49. The van der Waals surface area contributed by atoms with Crippen LogP contribution in [0, 0.1) is 0 Å². The number of nitrogens with two attached hydrogens (primary N) is 2. The normalized spacial score (nSPS) is 10.3. The summed E-state index contributed by atoms with van der Waals surface area (Å²) in [5.74, 6) is 0. The van der Waals surface area contributed by atoms with E-state index in [4.69, 9.17) is 11.5 Å². The van der Waals surface area contributed by atoms with E-state index < -0.39 is 0 Å². The summed E-state index contributed by atoms with van der Waals surface area (Å²) in [4.78, 5) is 7.04. The van der Waals surface area contributed by atoms with Crippen molar-refractivity contribution in [1.29, 1.82) is 0 Å². The third kappa shape index (κ3) is 1.04. The van der Waals surface area contributed by atoms with E-state index in [1.54, 1.807) is 0 Å². The quantitative estimate of drug-likeness (QED) is 0.618. The van der Waals surface area contributed by atoms with Gasteiger partial charge in [-0.25, -0.2) is 4.98 Å². The molecule has 12 heavy (non-hydrogen) atoms. The van der Waals surface area contributed by atoms with Gasteiger partial charge in [-0.3, -0.25) is 0 Å². The van der Waals surface area contributed by atoms with E-state index in [1.807, 2.05) is 18.5 Å². The van der Waals surface area contributed by atoms with E-state index in [0.29, 0.717) is 10.1 Å². The number of thiazole rings is 1. The number of hydrogen-bond acceptors (Lipinski definition) is 4. The largest absolute Gasteiger partial charge is 0.389 e.